The van der Waals surface area contributed by atoms with Gasteiger partial charge in [0, 0.05) is 85.0 Å². The molecule has 1 aliphatic carbocycles. The van der Waals surface area contributed by atoms with E-state index in [9.17, 15) is 4.79 Å². The second-order valence-electron chi connectivity index (χ2n) is 9.37. The molecule has 2 aliphatic heterocycles. The van der Waals surface area contributed by atoms with E-state index in [2.05, 4.69) is 60.2 Å². The highest BCUT2D eigenvalue weighted by Gasteiger charge is 2.29. The number of rotatable bonds is 6. The molecule has 1 aromatic carbocycles. The van der Waals surface area contributed by atoms with Crippen LogP contribution in [0.25, 0.3) is 0 Å². The minimum atomic E-state index is 0.305. The van der Waals surface area contributed by atoms with E-state index in [0.29, 0.717) is 11.8 Å². The van der Waals surface area contributed by atoms with Crippen molar-refractivity contribution in [2.75, 3.05) is 72.5 Å². The number of nitrogens with one attached hydrogen (secondary N) is 1. The standard InChI is InChI=1S/C25H40N6O/c1-26-25(31-19-15-29(16-20-31)21-22-7-3-2-4-8-22)27-11-12-28-13-17-30(18-14-28)24(32)23-9-5-6-10-23/h2-4,7-8,23H,5-6,9-21H2,1H3,(H,26,27). The number of amides is 1. The fourth-order valence-corrected chi connectivity index (χ4v) is 5.24. The molecule has 3 aliphatic rings. The molecule has 1 N–H and O–H groups in total. The monoisotopic (exact) mass is 440 g/mol. The van der Waals surface area contributed by atoms with Gasteiger partial charge in [0.05, 0.1) is 0 Å². The number of guanidine groups is 1. The molecule has 176 valence electrons. The van der Waals surface area contributed by atoms with Gasteiger partial charge in [0.15, 0.2) is 5.96 Å². The average molecular weight is 441 g/mol. The average Bonchev–Trinajstić information content (AvgIpc) is 3.38. The summed E-state index contributed by atoms with van der Waals surface area (Å²) >= 11 is 0. The number of nitrogens with zero attached hydrogens (tertiary/aromatic N) is 5. The first-order chi connectivity index (χ1) is 15.7. The van der Waals surface area contributed by atoms with Gasteiger partial charge in [-0.1, -0.05) is 43.2 Å². The van der Waals surface area contributed by atoms with Crippen molar-refractivity contribution in [2.24, 2.45) is 10.9 Å². The van der Waals surface area contributed by atoms with Gasteiger partial charge >= 0.3 is 0 Å². The van der Waals surface area contributed by atoms with E-state index >= 15 is 0 Å². The molecule has 4 rings (SSSR count). The molecule has 0 atom stereocenters. The van der Waals surface area contributed by atoms with Gasteiger partial charge in [-0.2, -0.15) is 0 Å². The summed E-state index contributed by atoms with van der Waals surface area (Å²) in [6, 6.07) is 10.7. The Hall–Kier alpha value is -2.12. The number of hydrogen-bond donors (Lipinski definition) is 1. The van der Waals surface area contributed by atoms with Crippen LogP contribution in [-0.4, -0.2) is 104 Å². The van der Waals surface area contributed by atoms with Gasteiger partial charge < -0.3 is 15.1 Å². The van der Waals surface area contributed by atoms with Crippen LogP contribution in [0.1, 0.15) is 31.2 Å². The molecule has 7 heteroatoms. The predicted molar refractivity (Wildman–Crippen MR) is 130 cm³/mol. The summed E-state index contributed by atoms with van der Waals surface area (Å²) in [6.45, 7) is 10.8. The molecule has 2 saturated heterocycles. The predicted octanol–water partition coefficient (Wildman–Crippen LogP) is 1.71. The van der Waals surface area contributed by atoms with Crippen LogP contribution in [0.2, 0.25) is 0 Å². The van der Waals surface area contributed by atoms with E-state index in [1.807, 2.05) is 7.05 Å². The molecule has 0 bridgehead atoms. The van der Waals surface area contributed by atoms with Crippen molar-refractivity contribution in [2.45, 2.75) is 32.2 Å². The van der Waals surface area contributed by atoms with Gasteiger partial charge in [0.25, 0.3) is 0 Å². The molecular weight excluding hydrogens is 400 g/mol. The summed E-state index contributed by atoms with van der Waals surface area (Å²) in [4.78, 5) is 26.6. The van der Waals surface area contributed by atoms with Crippen molar-refractivity contribution >= 4 is 11.9 Å². The summed E-state index contributed by atoms with van der Waals surface area (Å²) in [5, 5.41) is 3.56. The van der Waals surface area contributed by atoms with Gasteiger partial charge in [-0.3, -0.25) is 19.6 Å². The third-order valence-corrected chi connectivity index (χ3v) is 7.23. The topological polar surface area (TPSA) is 54.4 Å². The van der Waals surface area contributed by atoms with Crippen LogP contribution < -0.4 is 5.32 Å². The molecule has 7 nitrogen and oxygen atoms in total. The maximum Gasteiger partial charge on any atom is 0.225 e. The zero-order valence-electron chi connectivity index (χ0n) is 19.7. The van der Waals surface area contributed by atoms with E-state index in [1.165, 1.54) is 18.4 Å². The Morgan fingerprint density at radius 3 is 2.19 bits per heavy atom. The SMILES string of the molecule is CN=C(NCCN1CCN(C(=O)C2CCCC2)CC1)N1CCN(Cc2ccccc2)CC1. The first-order valence-corrected chi connectivity index (χ1v) is 12.5. The number of carbonyl (C=O) groups excluding carboxylic acids is 1. The minimum absolute atomic E-state index is 0.305. The number of aliphatic imine (C=N–C) groups is 1. The molecule has 1 amide bonds. The van der Waals surface area contributed by atoms with Crippen LogP contribution in [0.3, 0.4) is 0 Å². The summed E-state index contributed by atoms with van der Waals surface area (Å²) in [7, 11) is 1.88. The molecule has 0 aromatic heterocycles. The van der Waals surface area contributed by atoms with Gasteiger partial charge in [0.2, 0.25) is 5.91 Å². The maximum absolute atomic E-state index is 12.6. The molecule has 0 spiro atoms. The Labute approximate surface area is 193 Å². The van der Waals surface area contributed by atoms with Crippen LogP contribution in [0, 0.1) is 5.92 Å². The first kappa shape index (κ1) is 23.1. The van der Waals surface area contributed by atoms with E-state index in [-0.39, 0.29) is 0 Å². The number of piperazine rings is 2. The zero-order valence-corrected chi connectivity index (χ0v) is 19.7. The van der Waals surface area contributed by atoms with E-state index in [0.717, 1.165) is 90.8 Å². The van der Waals surface area contributed by atoms with Crippen molar-refractivity contribution in [3.63, 3.8) is 0 Å². The lowest BCUT2D eigenvalue weighted by Crippen LogP contribution is -2.54. The fraction of sp³-hybridized carbons (Fsp3) is 0.680. The van der Waals surface area contributed by atoms with Gasteiger partial charge in [-0.25, -0.2) is 0 Å². The molecule has 3 fully saturated rings. The maximum atomic E-state index is 12.6. The van der Waals surface area contributed by atoms with Crippen LogP contribution >= 0.6 is 0 Å². The van der Waals surface area contributed by atoms with E-state index in [1.54, 1.807) is 0 Å². The summed E-state index contributed by atoms with van der Waals surface area (Å²) in [5.41, 5.74) is 1.38. The van der Waals surface area contributed by atoms with Crippen LogP contribution in [-0.2, 0) is 11.3 Å². The highest BCUT2D eigenvalue weighted by molar-refractivity contribution is 5.80. The lowest BCUT2D eigenvalue weighted by atomic mass is 10.1. The second kappa shape index (κ2) is 11.7. The highest BCUT2D eigenvalue weighted by Crippen LogP contribution is 2.26. The largest absolute Gasteiger partial charge is 0.355 e. The third-order valence-electron chi connectivity index (χ3n) is 7.23. The number of benzene rings is 1. The van der Waals surface area contributed by atoms with Gasteiger partial charge in [-0.15, -0.1) is 0 Å². The Bertz CT molecular complexity index is 732. The molecule has 2 heterocycles. The first-order valence-electron chi connectivity index (χ1n) is 12.5. The smallest absolute Gasteiger partial charge is 0.225 e. The van der Waals surface area contributed by atoms with Crippen molar-refractivity contribution in [3.05, 3.63) is 35.9 Å². The normalized spacial score (nSPS) is 21.8. The second-order valence-corrected chi connectivity index (χ2v) is 9.37. The van der Waals surface area contributed by atoms with Crippen molar-refractivity contribution < 1.29 is 4.79 Å². The molecule has 0 radical (unpaired) electrons. The number of carbonyl (C=O) groups is 1. The zero-order chi connectivity index (χ0) is 22.2. The van der Waals surface area contributed by atoms with E-state index in [4.69, 9.17) is 0 Å². The lowest BCUT2D eigenvalue weighted by Gasteiger charge is -2.37. The van der Waals surface area contributed by atoms with Crippen molar-refractivity contribution in [1.29, 1.82) is 0 Å². The molecular formula is C25H40N6O. The van der Waals surface area contributed by atoms with Gasteiger partial charge in [0.1, 0.15) is 0 Å². The Balaban J connectivity index is 1.12. The summed E-state index contributed by atoms with van der Waals surface area (Å²) in [6.07, 6.45) is 4.65. The Morgan fingerprint density at radius 1 is 0.906 bits per heavy atom. The van der Waals surface area contributed by atoms with Crippen molar-refractivity contribution in [1.82, 2.24) is 24.9 Å². The van der Waals surface area contributed by atoms with Crippen LogP contribution in [0.15, 0.2) is 35.3 Å². The number of hydrogen-bond acceptors (Lipinski definition) is 4. The van der Waals surface area contributed by atoms with Gasteiger partial charge in [-0.05, 0) is 18.4 Å². The Kier molecular flexibility index (Phi) is 8.40. The summed E-state index contributed by atoms with van der Waals surface area (Å²) < 4.78 is 0. The highest BCUT2D eigenvalue weighted by atomic mass is 16.2. The Morgan fingerprint density at radius 2 is 1.53 bits per heavy atom. The minimum Gasteiger partial charge on any atom is -0.355 e. The van der Waals surface area contributed by atoms with Crippen LogP contribution in [0.5, 0.6) is 0 Å². The fourth-order valence-electron chi connectivity index (χ4n) is 5.24. The molecule has 0 unspecified atom stereocenters. The molecule has 1 aromatic rings. The quantitative estimate of drug-likeness (QED) is 0.539. The summed E-state index contributed by atoms with van der Waals surface area (Å²) in [5.74, 6) is 1.73. The van der Waals surface area contributed by atoms with Crippen molar-refractivity contribution in [3.8, 4) is 0 Å². The van der Waals surface area contributed by atoms with Crippen LogP contribution in [0.4, 0.5) is 0 Å². The third kappa shape index (κ3) is 6.23. The molecule has 1 saturated carbocycles. The molecule has 32 heavy (non-hydrogen) atoms. The lowest BCUT2D eigenvalue weighted by molar-refractivity contribution is -0.137. The van der Waals surface area contributed by atoms with E-state index < -0.39 is 0 Å².